The molecule has 0 bridgehead atoms. The highest BCUT2D eigenvalue weighted by molar-refractivity contribution is 9.12. The molecule has 0 unspecified atom stereocenters. The highest BCUT2D eigenvalue weighted by Gasteiger charge is 2.02. The van der Waals surface area contributed by atoms with Gasteiger partial charge in [0.25, 0.3) is 0 Å². The first-order valence-electron chi connectivity index (χ1n) is 4.64. The van der Waals surface area contributed by atoms with Crippen molar-refractivity contribution in [2.45, 2.75) is 32.6 Å². The lowest BCUT2D eigenvalue weighted by Gasteiger charge is -1.92. The van der Waals surface area contributed by atoms with Crippen molar-refractivity contribution in [1.29, 1.82) is 0 Å². The molecule has 0 heterocycles. The molecule has 0 fully saturated rings. The summed E-state index contributed by atoms with van der Waals surface area (Å²) < 4.78 is 4.85. The van der Waals surface area contributed by atoms with Crippen LogP contribution in [0, 0.1) is 11.8 Å². The van der Waals surface area contributed by atoms with Gasteiger partial charge in [0.15, 0.2) is 0 Å². The molecule has 0 atom stereocenters. The Morgan fingerprint density at radius 3 is 2.79 bits per heavy atom. The number of hydrogen-bond acceptors (Lipinski definition) is 2. The van der Waals surface area contributed by atoms with Gasteiger partial charge < -0.3 is 4.74 Å². The summed E-state index contributed by atoms with van der Waals surface area (Å²) in [5.74, 6) is 5.37. The fourth-order valence-corrected chi connectivity index (χ4v) is 1.08. The van der Waals surface area contributed by atoms with Crippen molar-refractivity contribution in [3.8, 4) is 11.8 Å². The van der Waals surface area contributed by atoms with Crippen LogP contribution >= 0.6 is 15.9 Å². The van der Waals surface area contributed by atoms with E-state index >= 15 is 0 Å². The first-order valence-corrected chi connectivity index (χ1v) is 5.44. The summed E-state index contributed by atoms with van der Waals surface area (Å²) in [5, 5.41) is 0. The Morgan fingerprint density at radius 1 is 1.50 bits per heavy atom. The standard InChI is InChI=1S/C11H15BrO2/c1-3-4-5-6-7-8-9-10(12)11(13)14-2/h9H,3-6H2,1-2H3/b10-9+. The third-order valence-corrected chi connectivity index (χ3v) is 2.14. The molecule has 14 heavy (non-hydrogen) atoms. The van der Waals surface area contributed by atoms with Crippen LogP contribution in [0.5, 0.6) is 0 Å². The van der Waals surface area contributed by atoms with Crippen LogP contribution in [-0.4, -0.2) is 13.1 Å². The molecule has 0 amide bonds. The molecular formula is C11H15BrO2. The molecule has 0 N–H and O–H groups in total. The van der Waals surface area contributed by atoms with Crippen LogP contribution in [0.1, 0.15) is 32.6 Å². The lowest BCUT2D eigenvalue weighted by atomic mass is 10.2. The summed E-state index contributed by atoms with van der Waals surface area (Å²) >= 11 is 3.07. The van der Waals surface area contributed by atoms with Gasteiger partial charge in [-0.25, -0.2) is 4.79 Å². The van der Waals surface area contributed by atoms with Crippen LogP contribution in [0.15, 0.2) is 10.6 Å². The van der Waals surface area contributed by atoms with Crippen molar-refractivity contribution in [3.63, 3.8) is 0 Å². The van der Waals surface area contributed by atoms with E-state index in [0.717, 1.165) is 12.8 Å². The monoisotopic (exact) mass is 258 g/mol. The SMILES string of the molecule is CCCCCC#C/C=C(/Br)C(=O)OC. The predicted molar refractivity (Wildman–Crippen MR) is 60.9 cm³/mol. The minimum Gasteiger partial charge on any atom is -0.465 e. The fourth-order valence-electron chi connectivity index (χ4n) is 0.806. The van der Waals surface area contributed by atoms with Crippen LogP contribution in [0.3, 0.4) is 0 Å². The van der Waals surface area contributed by atoms with Gasteiger partial charge in [0, 0.05) is 12.5 Å². The van der Waals surface area contributed by atoms with Crippen LogP contribution in [0.4, 0.5) is 0 Å². The van der Waals surface area contributed by atoms with Gasteiger partial charge in [0.1, 0.15) is 4.48 Å². The van der Waals surface area contributed by atoms with E-state index in [-0.39, 0.29) is 0 Å². The molecule has 3 heteroatoms. The number of halogens is 1. The number of unbranched alkanes of at least 4 members (excludes halogenated alkanes) is 3. The zero-order valence-corrected chi connectivity index (χ0v) is 10.2. The predicted octanol–water partition coefficient (Wildman–Crippen LogP) is 3.02. The maximum absolute atomic E-state index is 10.9. The molecule has 0 saturated carbocycles. The van der Waals surface area contributed by atoms with E-state index < -0.39 is 5.97 Å². The zero-order valence-electron chi connectivity index (χ0n) is 8.60. The van der Waals surface area contributed by atoms with Gasteiger partial charge in [-0.3, -0.25) is 0 Å². The molecule has 0 radical (unpaired) electrons. The van der Waals surface area contributed by atoms with Crippen molar-refractivity contribution >= 4 is 21.9 Å². The number of esters is 1. The van der Waals surface area contributed by atoms with E-state index in [2.05, 4.69) is 39.4 Å². The lowest BCUT2D eigenvalue weighted by Crippen LogP contribution is -1.98. The number of carbonyl (C=O) groups excluding carboxylic acids is 1. The number of allylic oxidation sites excluding steroid dienone is 1. The Hall–Kier alpha value is -0.750. The van der Waals surface area contributed by atoms with Gasteiger partial charge >= 0.3 is 5.97 Å². The van der Waals surface area contributed by atoms with Crippen LogP contribution in [0.25, 0.3) is 0 Å². The highest BCUT2D eigenvalue weighted by Crippen LogP contribution is 2.05. The number of rotatable bonds is 4. The molecule has 0 aromatic heterocycles. The van der Waals surface area contributed by atoms with Crippen molar-refractivity contribution in [3.05, 3.63) is 10.6 Å². The molecule has 0 aliphatic rings. The number of methoxy groups -OCH3 is 1. The highest BCUT2D eigenvalue weighted by atomic mass is 79.9. The Morgan fingerprint density at radius 2 is 2.21 bits per heavy atom. The minimum atomic E-state index is -0.396. The normalized spacial score (nSPS) is 10.4. The Labute approximate surface area is 93.8 Å². The molecule has 0 aromatic carbocycles. The fraction of sp³-hybridized carbons (Fsp3) is 0.545. The number of carbonyl (C=O) groups is 1. The molecule has 0 aliphatic carbocycles. The third kappa shape index (κ3) is 6.73. The number of hydrogen-bond donors (Lipinski definition) is 0. The largest absolute Gasteiger partial charge is 0.465 e. The van der Waals surface area contributed by atoms with Crippen molar-refractivity contribution in [1.82, 2.24) is 0 Å². The second-order valence-electron chi connectivity index (χ2n) is 2.76. The van der Waals surface area contributed by atoms with Crippen molar-refractivity contribution < 1.29 is 9.53 Å². The first-order chi connectivity index (χ1) is 6.72. The van der Waals surface area contributed by atoms with Gasteiger partial charge in [-0.1, -0.05) is 31.6 Å². The average Bonchev–Trinajstić information content (AvgIpc) is 2.21. The molecule has 78 valence electrons. The molecule has 0 aromatic rings. The Bertz CT molecular complexity index is 258. The van der Waals surface area contributed by atoms with Crippen LogP contribution < -0.4 is 0 Å². The summed E-state index contributed by atoms with van der Waals surface area (Å²) in [7, 11) is 1.34. The van der Waals surface area contributed by atoms with Crippen molar-refractivity contribution in [2.75, 3.05) is 7.11 Å². The average molecular weight is 259 g/mol. The third-order valence-electron chi connectivity index (χ3n) is 1.59. The van der Waals surface area contributed by atoms with Gasteiger partial charge in [0.05, 0.1) is 7.11 Å². The summed E-state index contributed by atoms with van der Waals surface area (Å²) in [6.45, 7) is 2.15. The number of ether oxygens (including phenoxy) is 1. The van der Waals surface area contributed by atoms with Crippen molar-refractivity contribution in [2.24, 2.45) is 0 Å². The van der Waals surface area contributed by atoms with Gasteiger partial charge in [-0.05, 0) is 22.4 Å². The summed E-state index contributed by atoms with van der Waals surface area (Å²) in [4.78, 5) is 10.9. The van der Waals surface area contributed by atoms with E-state index in [9.17, 15) is 4.79 Å². The topological polar surface area (TPSA) is 26.3 Å². The van der Waals surface area contributed by atoms with E-state index in [1.54, 1.807) is 0 Å². The van der Waals surface area contributed by atoms with Gasteiger partial charge in [0.2, 0.25) is 0 Å². The minimum absolute atomic E-state index is 0.364. The second-order valence-corrected chi connectivity index (χ2v) is 3.62. The molecule has 2 nitrogen and oxygen atoms in total. The quantitative estimate of drug-likeness (QED) is 0.336. The van der Waals surface area contributed by atoms with E-state index in [1.165, 1.54) is 26.0 Å². The smallest absolute Gasteiger partial charge is 0.345 e. The molecule has 0 aliphatic heterocycles. The molecule has 0 rings (SSSR count). The second kappa shape index (κ2) is 8.83. The summed E-state index contributed by atoms with van der Waals surface area (Å²) in [5.41, 5.74) is 0. The van der Waals surface area contributed by atoms with Gasteiger partial charge in [-0.15, -0.1) is 0 Å². The molecule has 0 saturated heterocycles. The van der Waals surface area contributed by atoms with Crippen LogP contribution in [-0.2, 0) is 9.53 Å². The Balaban J connectivity index is 3.82. The summed E-state index contributed by atoms with van der Waals surface area (Å²) in [6.07, 6.45) is 5.93. The van der Waals surface area contributed by atoms with E-state index in [4.69, 9.17) is 0 Å². The molecular weight excluding hydrogens is 244 g/mol. The lowest BCUT2D eigenvalue weighted by molar-refractivity contribution is -0.135. The Kier molecular flexibility index (Phi) is 8.36. The molecule has 0 spiro atoms. The van der Waals surface area contributed by atoms with Gasteiger partial charge in [-0.2, -0.15) is 0 Å². The summed E-state index contributed by atoms with van der Waals surface area (Å²) in [6, 6.07) is 0. The van der Waals surface area contributed by atoms with Crippen LogP contribution in [0.2, 0.25) is 0 Å². The zero-order chi connectivity index (χ0) is 10.8. The van der Waals surface area contributed by atoms with E-state index in [1.807, 2.05) is 0 Å². The maximum Gasteiger partial charge on any atom is 0.345 e. The maximum atomic E-state index is 10.9. The first kappa shape index (κ1) is 13.2. The van der Waals surface area contributed by atoms with E-state index in [0.29, 0.717) is 4.48 Å².